The fourth-order valence-corrected chi connectivity index (χ4v) is 4.97. The Bertz CT molecular complexity index is 1680. The average molecular weight is 530 g/mol. The summed E-state index contributed by atoms with van der Waals surface area (Å²) in [6, 6.07) is 13.5. The van der Waals surface area contributed by atoms with Gasteiger partial charge in [0.1, 0.15) is 18.0 Å². The minimum atomic E-state index is -0.825. The third-order valence-electron chi connectivity index (χ3n) is 6.66. The van der Waals surface area contributed by atoms with Crippen LogP contribution in [0.3, 0.4) is 0 Å². The Labute approximate surface area is 222 Å². The van der Waals surface area contributed by atoms with Crippen LogP contribution in [0.5, 0.6) is 23.0 Å². The molecule has 0 radical (unpaired) electrons. The minimum Gasteiger partial charge on any atom is -0.490 e. The van der Waals surface area contributed by atoms with Crippen molar-refractivity contribution in [3.8, 4) is 23.0 Å². The quantitative estimate of drug-likeness (QED) is 0.284. The molecular weight excluding hydrogens is 505 g/mol. The van der Waals surface area contributed by atoms with Gasteiger partial charge in [0.15, 0.2) is 28.4 Å². The van der Waals surface area contributed by atoms with Gasteiger partial charge in [-0.2, -0.15) is 0 Å². The molecule has 39 heavy (non-hydrogen) atoms. The van der Waals surface area contributed by atoms with Crippen molar-refractivity contribution in [1.82, 2.24) is 4.90 Å². The number of rotatable bonds is 8. The summed E-state index contributed by atoms with van der Waals surface area (Å²) in [5.74, 6) is 1.04. The second-order valence-corrected chi connectivity index (χ2v) is 9.08. The summed E-state index contributed by atoms with van der Waals surface area (Å²) in [6.07, 6.45) is 1.62. The van der Waals surface area contributed by atoms with Gasteiger partial charge in [0.2, 0.25) is 12.6 Å². The number of benzene rings is 3. The summed E-state index contributed by atoms with van der Waals surface area (Å²) < 4.78 is 42.5. The number of halogens is 1. The maximum atomic E-state index is 14.1. The molecule has 0 aliphatic carbocycles. The van der Waals surface area contributed by atoms with Crippen LogP contribution in [-0.2, 0) is 6.54 Å². The van der Waals surface area contributed by atoms with Crippen LogP contribution in [0.15, 0.2) is 76.5 Å². The molecule has 0 saturated heterocycles. The van der Waals surface area contributed by atoms with Crippen molar-refractivity contribution in [2.75, 3.05) is 20.0 Å². The van der Waals surface area contributed by atoms with E-state index in [9.17, 15) is 14.0 Å². The lowest BCUT2D eigenvalue weighted by Crippen LogP contribution is -2.29. The number of carbonyl (C=O) groups is 1. The molecule has 4 aromatic rings. The van der Waals surface area contributed by atoms with Crippen molar-refractivity contribution in [1.29, 1.82) is 0 Å². The van der Waals surface area contributed by atoms with E-state index < -0.39 is 23.2 Å². The first-order chi connectivity index (χ1) is 19.0. The molecular formula is C30H24FNO7. The van der Waals surface area contributed by atoms with Crippen LogP contribution in [0.25, 0.3) is 11.0 Å². The molecule has 6 rings (SSSR count). The molecule has 0 N–H and O–H groups in total. The van der Waals surface area contributed by atoms with Crippen LogP contribution in [0, 0.1) is 5.82 Å². The molecule has 0 fully saturated rings. The molecule has 0 unspecified atom stereocenters. The highest BCUT2D eigenvalue weighted by atomic mass is 19.1. The largest absolute Gasteiger partial charge is 0.490 e. The summed E-state index contributed by atoms with van der Waals surface area (Å²) in [5.41, 5.74) is 1.19. The van der Waals surface area contributed by atoms with Crippen LogP contribution in [0.2, 0.25) is 0 Å². The Morgan fingerprint density at radius 3 is 2.69 bits per heavy atom. The van der Waals surface area contributed by atoms with E-state index in [0.29, 0.717) is 35.2 Å². The SMILES string of the molecule is C=CCOc1ccc([C@H]2c3c(oc4ccc(F)cc4c3=O)C(=O)N2Cc2ccc3c(c2)OCO3)cc1OCC. The topological polar surface area (TPSA) is 87.4 Å². The molecule has 3 heterocycles. The average Bonchev–Trinajstić information content (AvgIpc) is 3.51. The number of hydrogen-bond acceptors (Lipinski definition) is 7. The van der Waals surface area contributed by atoms with Gasteiger partial charge in [-0.25, -0.2) is 4.39 Å². The lowest BCUT2D eigenvalue weighted by molar-refractivity contribution is 0.0714. The summed E-state index contributed by atoms with van der Waals surface area (Å²) in [7, 11) is 0. The van der Waals surface area contributed by atoms with E-state index >= 15 is 0 Å². The summed E-state index contributed by atoms with van der Waals surface area (Å²) in [4.78, 5) is 29.1. The first-order valence-electron chi connectivity index (χ1n) is 12.4. The van der Waals surface area contributed by atoms with Crippen LogP contribution in [0.1, 0.15) is 40.2 Å². The summed E-state index contributed by atoms with van der Waals surface area (Å²) >= 11 is 0. The van der Waals surface area contributed by atoms with Gasteiger partial charge in [-0.1, -0.05) is 24.8 Å². The highest BCUT2D eigenvalue weighted by Crippen LogP contribution is 2.42. The van der Waals surface area contributed by atoms with Gasteiger partial charge in [-0.3, -0.25) is 9.59 Å². The van der Waals surface area contributed by atoms with Crippen molar-refractivity contribution in [3.63, 3.8) is 0 Å². The number of amides is 1. The van der Waals surface area contributed by atoms with Crippen LogP contribution in [0.4, 0.5) is 4.39 Å². The smallest absolute Gasteiger partial charge is 0.291 e. The molecule has 1 aromatic heterocycles. The monoisotopic (exact) mass is 529 g/mol. The molecule has 2 aliphatic heterocycles. The molecule has 2 aliphatic rings. The van der Waals surface area contributed by atoms with E-state index in [1.165, 1.54) is 12.1 Å². The molecule has 1 atom stereocenters. The van der Waals surface area contributed by atoms with Gasteiger partial charge >= 0.3 is 0 Å². The minimum absolute atomic E-state index is 0.0625. The maximum absolute atomic E-state index is 14.1. The molecule has 198 valence electrons. The van der Waals surface area contributed by atoms with E-state index in [2.05, 4.69) is 6.58 Å². The molecule has 3 aromatic carbocycles. The Morgan fingerprint density at radius 2 is 1.87 bits per heavy atom. The first kappa shape index (κ1) is 24.5. The lowest BCUT2D eigenvalue weighted by Gasteiger charge is -2.26. The Kier molecular flexibility index (Phi) is 6.18. The fraction of sp³-hybridized carbons (Fsp3) is 0.200. The summed E-state index contributed by atoms with van der Waals surface area (Å²) in [6.45, 7) is 6.45. The van der Waals surface area contributed by atoms with Crippen molar-refractivity contribution >= 4 is 16.9 Å². The standard InChI is InChI=1S/C30H24FNO7/c1-3-11-36-22-9-6-18(13-25(22)35-4-2)27-26-28(33)20-14-19(31)7-10-21(20)39-29(26)30(34)32(27)15-17-5-8-23-24(12-17)38-16-37-23/h3,5-10,12-14,27H,1,4,11,15-16H2,2H3/t27-/m0/s1. The van der Waals surface area contributed by atoms with Gasteiger partial charge in [0, 0.05) is 6.54 Å². The van der Waals surface area contributed by atoms with E-state index in [1.807, 2.05) is 13.0 Å². The highest BCUT2D eigenvalue weighted by molar-refractivity contribution is 5.99. The van der Waals surface area contributed by atoms with E-state index in [0.717, 1.165) is 11.6 Å². The van der Waals surface area contributed by atoms with Gasteiger partial charge in [-0.05, 0) is 60.5 Å². The number of fused-ring (bicyclic) bond motifs is 3. The van der Waals surface area contributed by atoms with Crippen LogP contribution in [-0.4, -0.2) is 30.8 Å². The van der Waals surface area contributed by atoms with Crippen LogP contribution >= 0.6 is 0 Å². The Balaban J connectivity index is 1.51. The molecule has 0 bridgehead atoms. The second kappa shape index (κ2) is 9.83. The summed E-state index contributed by atoms with van der Waals surface area (Å²) in [5, 5.41) is 0.0625. The molecule has 0 spiro atoms. The predicted molar refractivity (Wildman–Crippen MR) is 140 cm³/mol. The number of ether oxygens (including phenoxy) is 4. The van der Waals surface area contributed by atoms with E-state index in [-0.39, 0.29) is 42.2 Å². The molecule has 0 saturated carbocycles. The predicted octanol–water partition coefficient (Wildman–Crippen LogP) is 5.37. The zero-order valence-electron chi connectivity index (χ0n) is 21.1. The van der Waals surface area contributed by atoms with Crippen molar-refractivity contribution in [2.24, 2.45) is 0 Å². The van der Waals surface area contributed by atoms with Crippen molar-refractivity contribution < 1.29 is 32.5 Å². The van der Waals surface area contributed by atoms with Gasteiger partial charge in [-0.15, -0.1) is 0 Å². The van der Waals surface area contributed by atoms with E-state index in [1.54, 1.807) is 41.3 Å². The third-order valence-corrected chi connectivity index (χ3v) is 6.66. The fourth-order valence-electron chi connectivity index (χ4n) is 4.97. The zero-order chi connectivity index (χ0) is 27.1. The second-order valence-electron chi connectivity index (χ2n) is 9.08. The third kappa shape index (κ3) is 4.25. The number of hydrogen-bond donors (Lipinski definition) is 0. The van der Waals surface area contributed by atoms with E-state index in [4.69, 9.17) is 23.4 Å². The zero-order valence-corrected chi connectivity index (χ0v) is 21.1. The Hall–Kier alpha value is -4.79. The van der Waals surface area contributed by atoms with Gasteiger partial charge in [0.25, 0.3) is 5.91 Å². The molecule has 8 nitrogen and oxygen atoms in total. The normalized spacial score (nSPS) is 15.5. The van der Waals surface area contributed by atoms with Gasteiger partial charge in [0.05, 0.1) is 23.6 Å². The number of nitrogens with zero attached hydrogens (tertiary/aromatic N) is 1. The van der Waals surface area contributed by atoms with Crippen molar-refractivity contribution in [2.45, 2.75) is 19.5 Å². The first-order valence-corrected chi connectivity index (χ1v) is 12.4. The Morgan fingerprint density at radius 1 is 1.03 bits per heavy atom. The number of carbonyl (C=O) groups excluding carboxylic acids is 1. The van der Waals surface area contributed by atoms with Crippen molar-refractivity contribution in [3.05, 3.63) is 106 Å². The van der Waals surface area contributed by atoms with Crippen LogP contribution < -0.4 is 24.4 Å². The molecule has 9 heteroatoms. The molecule has 1 amide bonds. The lowest BCUT2D eigenvalue weighted by atomic mass is 9.97. The maximum Gasteiger partial charge on any atom is 0.291 e. The van der Waals surface area contributed by atoms with Gasteiger partial charge < -0.3 is 28.3 Å². The highest BCUT2D eigenvalue weighted by Gasteiger charge is 2.43.